The Morgan fingerprint density at radius 3 is 2.33 bits per heavy atom. The summed E-state index contributed by atoms with van der Waals surface area (Å²) in [5.41, 5.74) is 3.23. The van der Waals surface area contributed by atoms with E-state index in [4.69, 9.17) is 4.74 Å². The van der Waals surface area contributed by atoms with Gasteiger partial charge in [-0.05, 0) is 52.9 Å². The van der Waals surface area contributed by atoms with Crippen LogP contribution in [0.2, 0.25) is 0 Å². The van der Waals surface area contributed by atoms with Crippen molar-refractivity contribution in [3.05, 3.63) is 101 Å². The molecule has 2 aromatic carbocycles. The number of likely N-dealkylation sites (tertiary alicyclic amines) is 1. The number of methoxy groups -OCH3 is 1. The number of nitrogens with zero attached hydrogens (tertiary/aromatic N) is 2. The van der Waals surface area contributed by atoms with Crippen LogP contribution in [-0.2, 0) is 16.1 Å². The number of carbonyl (C=O) groups excluding carboxylic acids is 2. The van der Waals surface area contributed by atoms with Crippen LogP contribution in [0, 0.1) is 0 Å². The normalized spacial score (nSPS) is 17.6. The first-order chi connectivity index (χ1) is 15.9. The van der Waals surface area contributed by atoms with Gasteiger partial charge in [0.15, 0.2) is 0 Å². The van der Waals surface area contributed by atoms with Crippen LogP contribution >= 0.6 is 0 Å². The number of ketones is 1. The predicted molar refractivity (Wildman–Crippen MR) is 126 cm³/mol. The van der Waals surface area contributed by atoms with Crippen LogP contribution in [0.15, 0.2) is 78.6 Å². The lowest BCUT2D eigenvalue weighted by molar-refractivity contribution is -0.140. The summed E-state index contributed by atoms with van der Waals surface area (Å²) in [5.74, 6) is -0.580. The van der Waals surface area contributed by atoms with E-state index in [0.29, 0.717) is 17.2 Å². The lowest BCUT2D eigenvalue weighted by atomic mass is 9.93. The average Bonchev–Trinajstić information content (AvgIpc) is 3.09. The Kier molecular flexibility index (Phi) is 6.27. The molecule has 0 radical (unpaired) electrons. The number of Topliss-reactive ketones (excluding diaryl/α,β-unsaturated/α-hetero) is 1. The molecule has 2 heterocycles. The van der Waals surface area contributed by atoms with Crippen molar-refractivity contribution < 1.29 is 19.4 Å². The first-order valence-corrected chi connectivity index (χ1v) is 10.8. The third kappa shape index (κ3) is 4.37. The third-order valence-electron chi connectivity index (χ3n) is 5.90. The van der Waals surface area contributed by atoms with E-state index in [0.717, 1.165) is 16.7 Å². The molecule has 1 unspecified atom stereocenters. The fourth-order valence-corrected chi connectivity index (χ4v) is 4.05. The number of pyridine rings is 1. The molecular weight excluding hydrogens is 416 g/mol. The molecule has 6 nitrogen and oxygen atoms in total. The number of carbonyl (C=O) groups is 2. The topological polar surface area (TPSA) is 79.7 Å². The summed E-state index contributed by atoms with van der Waals surface area (Å²) in [6.07, 6.45) is 3.32. The Hall–Kier alpha value is -3.93. The Balaban J connectivity index is 1.83. The summed E-state index contributed by atoms with van der Waals surface area (Å²) >= 11 is 0. The maximum absolute atomic E-state index is 13.2. The molecule has 1 saturated heterocycles. The van der Waals surface area contributed by atoms with Crippen LogP contribution in [0.1, 0.15) is 48.1 Å². The minimum Gasteiger partial charge on any atom is -0.507 e. The highest BCUT2D eigenvalue weighted by atomic mass is 16.5. The number of aliphatic hydroxyl groups excluding tert-OH is 1. The molecule has 33 heavy (non-hydrogen) atoms. The number of hydrogen-bond acceptors (Lipinski definition) is 5. The Morgan fingerprint density at radius 1 is 1.06 bits per heavy atom. The van der Waals surface area contributed by atoms with Crippen molar-refractivity contribution in [3.8, 4) is 5.75 Å². The molecule has 0 aliphatic carbocycles. The van der Waals surface area contributed by atoms with Crippen molar-refractivity contribution in [1.29, 1.82) is 0 Å². The van der Waals surface area contributed by atoms with E-state index in [1.54, 1.807) is 49.8 Å². The lowest BCUT2D eigenvalue weighted by Gasteiger charge is -2.25. The molecule has 1 aromatic heterocycles. The van der Waals surface area contributed by atoms with Gasteiger partial charge < -0.3 is 14.7 Å². The van der Waals surface area contributed by atoms with Gasteiger partial charge in [-0.25, -0.2) is 0 Å². The fraction of sp³-hybridized carbons (Fsp3) is 0.222. The van der Waals surface area contributed by atoms with Crippen molar-refractivity contribution >= 4 is 17.4 Å². The van der Waals surface area contributed by atoms with Crippen molar-refractivity contribution in [3.63, 3.8) is 0 Å². The van der Waals surface area contributed by atoms with Gasteiger partial charge in [0.05, 0.1) is 18.7 Å². The summed E-state index contributed by atoms with van der Waals surface area (Å²) in [6, 6.07) is 17.5. The average molecular weight is 443 g/mol. The van der Waals surface area contributed by atoms with Gasteiger partial charge in [0.2, 0.25) is 0 Å². The van der Waals surface area contributed by atoms with Crippen LogP contribution in [-0.4, -0.2) is 33.8 Å². The van der Waals surface area contributed by atoms with Gasteiger partial charge in [-0.1, -0.05) is 44.2 Å². The molecule has 4 rings (SSSR count). The molecule has 6 heteroatoms. The number of amides is 1. The molecular formula is C27H26N2O4. The highest BCUT2D eigenvalue weighted by Crippen LogP contribution is 2.40. The van der Waals surface area contributed by atoms with Gasteiger partial charge in [0.1, 0.15) is 11.5 Å². The predicted octanol–water partition coefficient (Wildman–Crippen LogP) is 4.84. The molecule has 1 aliphatic rings. The number of rotatable bonds is 6. The zero-order chi connectivity index (χ0) is 23.5. The number of aromatic nitrogens is 1. The standard InChI is InChI=1S/C27H26N2O4/c1-17(2)19-6-8-20(9-7-19)24-23(25(30)21-10-12-22(33-3)13-11-21)26(31)27(32)29(24)16-18-5-4-14-28-15-18/h4-15,17,24,30H,16H2,1-3H3/b25-23+. The minimum absolute atomic E-state index is 0.0753. The fourth-order valence-electron chi connectivity index (χ4n) is 4.05. The van der Waals surface area contributed by atoms with Crippen LogP contribution < -0.4 is 4.74 Å². The third-order valence-corrected chi connectivity index (χ3v) is 5.90. The highest BCUT2D eigenvalue weighted by Gasteiger charge is 2.46. The van der Waals surface area contributed by atoms with E-state index < -0.39 is 17.7 Å². The van der Waals surface area contributed by atoms with Gasteiger partial charge in [-0.2, -0.15) is 0 Å². The molecule has 0 spiro atoms. The quantitative estimate of drug-likeness (QED) is 0.336. The maximum Gasteiger partial charge on any atom is 0.295 e. The second-order valence-electron chi connectivity index (χ2n) is 8.34. The van der Waals surface area contributed by atoms with Crippen molar-refractivity contribution in [2.45, 2.75) is 32.4 Å². The van der Waals surface area contributed by atoms with E-state index in [1.165, 1.54) is 4.90 Å². The largest absolute Gasteiger partial charge is 0.507 e. The molecule has 1 aliphatic heterocycles. The van der Waals surface area contributed by atoms with E-state index in [-0.39, 0.29) is 17.9 Å². The number of benzene rings is 2. The molecule has 0 bridgehead atoms. The second kappa shape index (κ2) is 9.28. The number of aliphatic hydroxyl groups is 1. The molecule has 1 amide bonds. The summed E-state index contributed by atoms with van der Waals surface area (Å²) in [6.45, 7) is 4.41. The van der Waals surface area contributed by atoms with Crippen molar-refractivity contribution in [2.24, 2.45) is 0 Å². The van der Waals surface area contributed by atoms with E-state index in [1.807, 2.05) is 30.3 Å². The second-order valence-corrected chi connectivity index (χ2v) is 8.34. The summed E-state index contributed by atoms with van der Waals surface area (Å²) in [5, 5.41) is 11.2. The van der Waals surface area contributed by atoms with Gasteiger partial charge >= 0.3 is 0 Å². The molecule has 0 saturated carbocycles. The number of hydrogen-bond donors (Lipinski definition) is 1. The first-order valence-electron chi connectivity index (χ1n) is 10.8. The van der Waals surface area contributed by atoms with Crippen molar-refractivity contribution in [2.75, 3.05) is 7.11 Å². The zero-order valence-corrected chi connectivity index (χ0v) is 18.9. The van der Waals surface area contributed by atoms with E-state index in [2.05, 4.69) is 18.8 Å². The minimum atomic E-state index is -0.714. The molecule has 168 valence electrons. The van der Waals surface area contributed by atoms with Crippen molar-refractivity contribution in [1.82, 2.24) is 9.88 Å². The monoisotopic (exact) mass is 442 g/mol. The first kappa shape index (κ1) is 22.3. The van der Waals surface area contributed by atoms with E-state index in [9.17, 15) is 14.7 Å². The Labute approximate surface area is 193 Å². The summed E-state index contributed by atoms with van der Waals surface area (Å²) in [7, 11) is 1.56. The summed E-state index contributed by atoms with van der Waals surface area (Å²) in [4.78, 5) is 31.9. The zero-order valence-electron chi connectivity index (χ0n) is 18.9. The van der Waals surface area contributed by atoms with Gasteiger partial charge in [-0.3, -0.25) is 14.6 Å². The SMILES string of the molecule is COc1ccc(/C(O)=C2\C(=O)C(=O)N(Cc3cccnc3)C2c2ccc(C(C)C)cc2)cc1. The summed E-state index contributed by atoms with van der Waals surface area (Å²) < 4.78 is 5.18. The van der Waals surface area contributed by atoms with Gasteiger partial charge in [0.25, 0.3) is 11.7 Å². The number of ether oxygens (including phenoxy) is 1. The maximum atomic E-state index is 13.2. The van der Waals surface area contributed by atoms with Crippen LogP contribution in [0.5, 0.6) is 5.75 Å². The molecule has 3 aromatic rings. The Morgan fingerprint density at radius 2 is 1.76 bits per heavy atom. The molecule has 1 atom stereocenters. The van der Waals surface area contributed by atoms with Gasteiger partial charge in [0, 0.05) is 24.5 Å². The van der Waals surface area contributed by atoms with Crippen LogP contribution in [0.3, 0.4) is 0 Å². The molecule has 1 N–H and O–H groups in total. The Bertz CT molecular complexity index is 1180. The van der Waals surface area contributed by atoms with Crippen LogP contribution in [0.25, 0.3) is 5.76 Å². The molecule has 1 fully saturated rings. The highest BCUT2D eigenvalue weighted by molar-refractivity contribution is 6.46. The van der Waals surface area contributed by atoms with E-state index >= 15 is 0 Å². The smallest absolute Gasteiger partial charge is 0.295 e. The lowest BCUT2D eigenvalue weighted by Crippen LogP contribution is -2.29. The van der Waals surface area contributed by atoms with Gasteiger partial charge in [-0.15, -0.1) is 0 Å². The van der Waals surface area contributed by atoms with Crippen LogP contribution in [0.4, 0.5) is 0 Å².